The Morgan fingerprint density at radius 1 is 1.39 bits per heavy atom. The van der Waals surface area contributed by atoms with Crippen LogP contribution in [0.2, 0.25) is 0 Å². The first-order valence-electron chi connectivity index (χ1n) is 5.83. The molecule has 18 heavy (non-hydrogen) atoms. The Morgan fingerprint density at radius 3 is 2.89 bits per heavy atom. The van der Waals surface area contributed by atoms with Crippen molar-refractivity contribution >= 4 is 27.3 Å². The van der Waals surface area contributed by atoms with Gasteiger partial charge in [0.05, 0.1) is 0 Å². The fraction of sp³-hybridized carbons (Fsp3) is 0.286. The van der Waals surface area contributed by atoms with E-state index in [2.05, 4.69) is 45.0 Å². The zero-order valence-electron chi connectivity index (χ0n) is 10.1. The quantitative estimate of drug-likeness (QED) is 0.859. The molecule has 0 aliphatic carbocycles. The van der Waals surface area contributed by atoms with Gasteiger partial charge in [0.2, 0.25) is 0 Å². The molecule has 96 valence electrons. The average Bonchev–Trinajstić information content (AvgIpc) is 2.80. The van der Waals surface area contributed by atoms with Gasteiger partial charge in [-0.2, -0.15) is 11.3 Å². The summed E-state index contributed by atoms with van der Waals surface area (Å²) in [5.41, 5.74) is 2.03. The summed E-state index contributed by atoms with van der Waals surface area (Å²) < 4.78 is 14.4. The molecular weight excluding hydrogens is 313 g/mol. The maximum absolute atomic E-state index is 13.6. The number of halogens is 2. The minimum absolute atomic E-state index is 0.167. The van der Waals surface area contributed by atoms with Crippen LogP contribution in [0.15, 0.2) is 39.5 Å². The van der Waals surface area contributed by atoms with Crippen LogP contribution in [0.1, 0.15) is 18.1 Å². The molecular formula is C14H15BrFNS. The van der Waals surface area contributed by atoms with E-state index in [1.807, 2.05) is 12.1 Å². The first-order chi connectivity index (χ1) is 8.65. The number of nitrogens with one attached hydrogen (secondary N) is 1. The Morgan fingerprint density at radius 2 is 2.22 bits per heavy atom. The Balaban J connectivity index is 1.87. The van der Waals surface area contributed by atoms with Gasteiger partial charge in [-0.05, 0) is 47.9 Å². The summed E-state index contributed by atoms with van der Waals surface area (Å²) in [5.74, 6) is -0.167. The maximum Gasteiger partial charge on any atom is 0.128 e. The lowest BCUT2D eigenvalue weighted by Gasteiger charge is -2.13. The van der Waals surface area contributed by atoms with Crippen molar-refractivity contribution in [3.05, 3.63) is 56.4 Å². The molecule has 2 rings (SSSR count). The van der Waals surface area contributed by atoms with Crippen molar-refractivity contribution in [3.8, 4) is 0 Å². The molecule has 0 radical (unpaired) electrons. The van der Waals surface area contributed by atoms with Gasteiger partial charge in [-0.3, -0.25) is 0 Å². The van der Waals surface area contributed by atoms with E-state index < -0.39 is 0 Å². The third kappa shape index (κ3) is 3.90. The van der Waals surface area contributed by atoms with E-state index in [4.69, 9.17) is 0 Å². The highest BCUT2D eigenvalue weighted by Gasteiger charge is 2.06. The molecule has 1 N–H and O–H groups in total. The highest BCUT2D eigenvalue weighted by molar-refractivity contribution is 9.10. The monoisotopic (exact) mass is 327 g/mol. The fourth-order valence-electron chi connectivity index (χ4n) is 1.78. The Bertz CT molecular complexity index is 499. The van der Waals surface area contributed by atoms with Gasteiger partial charge in [0.25, 0.3) is 0 Å². The minimum atomic E-state index is -0.167. The van der Waals surface area contributed by atoms with Crippen molar-refractivity contribution in [1.82, 2.24) is 5.32 Å². The molecule has 0 aliphatic heterocycles. The molecule has 1 atom stereocenters. The first-order valence-corrected chi connectivity index (χ1v) is 7.57. The second kappa shape index (κ2) is 6.45. The number of rotatable bonds is 5. The topological polar surface area (TPSA) is 12.0 Å². The van der Waals surface area contributed by atoms with Crippen molar-refractivity contribution in [2.24, 2.45) is 0 Å². The van der Waals surface area contributed by atoms with Crippen LogP contribution in [0, 0.1) is 5.82 Å². The van der Waals surface area contributed by atoms with Gasteiger partial charge in [-0.1, -0.05) is 22.0 Å². The largest absolute Gasteiger partial charge is 0.310 e. The molecule has 0 aliphatic rings. The van der Waals surface area contributed by atoms with Crippen LogP contribution in [0.25, 0.3) is 0 Å². The molecule has 1 aromatic carbocycles. The van der Waals surface area contributed by atoms with E-state index >= 15 is 0 Å². The summed E-state index contributed by atoms with van der Waals surface area (Å²) in [6, 6.07) is 7.64. The smallest absolute Gasteiger partial charge is 0.128 e. The van der Waals surface area contributed by atoms with Crippen LogP contribution in [-0.4, -0.2) is 6.04 Å². The molecule has 0 bridgehead atoms. The van der Waals surface area contributed by atoms with E-state index in [-0.39, 0.29) is 5.82 Å². The maximum atomic E-state index is 13.6. The lowest BCUT2D eigenvalue weighted by Crippen LogP contribution is -2.27. The zero-order valence-corrected chi connectivity index (χ0v) is 12.5. The average molecular weight is 328 g/mol. The van der Waals surface area contributed by atoms with Gasteiger partial charge in [-0.25, -0.2) is 4.39 Å². The molecule has 0 spiro atoms. The third-order valence-electron chi connectivity index (χ3n) is 2.78. The van der Waals surface area contributed by atoms with Crippen molar-refractivity contribution in [2.75, 3.05) is 0 Å². The summed E-state index contributed by atoms with van der Waals surface area (Å²) in [4.78, 5) is 0. The molecule has 0 saturated carbocycles. The van der Waals surface area contributed by atoms with Crippen molar-refractivity contribution in [1.29, 1.82) is 0 Å². The number of hydrogen-bond acceptors (Lipinski definition) is 2. The molecule has 0 saturated heterocycles. The molecule has 4 heteroatoms. The minimum Gasteiger partial charge on any atom is -0.310 e. The number of benzene rings is 1. The highest BCUT2D eigenvalue weighted by Crippen LogP contribution is 2.15. The van der Waals surface area contributed by atoms with E-state index in [9.17, 15) is 4.39 Å². The van der Waals surface area contributed by atoms with Crippen LogP contribution in [-0.2, 0) is 13.0 Å². The predicted octanol–water partition coefficient (Wildman–Crippen LogP) is 4.37. The van der Waals surface area contributed by atoms with Crippen LogP contribution < -0.4 is 5.32 Å². The molecule has 0 fully saturated rings. The number of thiophene rings is 1. The summed E-state index contributed by atoms with van der Waals surface area (Å²) >= 11 is 4.96. The Kier molecular flexibility index (Phi) is 4.92. The highest BCUT2D eigenvalue weighted by atomic mass is 79.9. The summed E-state index contributed by atoms with van der Waals surface area (Å²) in [5, 5.41) is 7.58. The van der Waals surface area contributed by atoms with Gasteiger partial charge in [0, 0.05) is 22.6 Å². The molecule has 1 unspecified atom stereocenters. The molecule has 1 nitrogen and oxygen atoms in total. The summed E-state index contributed by atoms with van der Waals surface area (Å²) in [6.45, 7) is 2.68. The van der Waals surface area contributed by atoms with E-state index in [1.54, 1.807) is 11.3 Å². The van der Waals surface area contributed by atoms with Crippen LogP contribution >= 0.6 is 27.3 Å². The third-order valence-corrected chi connectivity index (χ3v) is 4.00. The molecule has 0 amide bonds. The summed E-state index contributed by atoms with van der Waals surface area (Å²) in [7, 11) is 0. The normalized spacial score (nSPS) is 12.6. The standard InChI is InChI=1S/C14H15BrFNS/c1-10(6-11-4-5-18-9-11)17-8-12-2-3-13(15)7-14(12)16/h2-5,7,9-10,17H,6,8H2,1H3. The van der Waals surface area contributed by atoms with Crippen molar-refractivity contribution < 1.29 is 4.39 Å². The van der Waals surface area contributed by atoms with Gasteiger partial charge < -0.3 is 5.32 Å². The second-order valence-electron chi connectivity index (χ2n) is 4.35. The fourth-order valence-corrected chi connectivity index (χ4v) is 2.80. The van der Waals surface area contributed by atoms with E-state index in [1.165, 1.54) is 11.6 Å². The second-order valence-corrected chi connectivity index (χ2v) is 6.05. The Hall–Kier alpha value is -0.710. The first kappa shape index (κ1) is 13.7. The SMILES string of the molecule is CC(Cc1ccsc1)NCc1ccc(Br)cc1F. The molecule has 1 aromatic heterocycles. The van der Waals surface area contributed by atoms with E-state index in [0.29, 0.717) is 18.2 Å². The van der Waals surface area contributed by atoms with Gasteiger partial charge in [-0.15, -0.1) is 0 Å². The lowest BCUT2D eigenvalue weighted by atomic mass is 10.1. The van der Waals surface area contributed by atoms with Crippen LogP contribution in [0.5, 0.6) is 0 Å². The number of hydrogen-bond donors (Lipinski definition) is 1. The van der Waals surface area contributed by atoms with Crippen molar-refractivity contribution in [3.63, 3.8) is 0 Å². The van der Waals surface area contributed by atoms with Crippen LogP contribution in [0.3, 0.4) is 0 Å². The van der Waals surface area contributed by atoms with Gasteiger partial charge in [0.1, 0.15) is 5.82 Å². The van der Waals surface area contributed by atoms with Crippen molar-refractivity contribution in [2.45, 2.75) is 25.9 Å². The Labute approximate surface area is 119 Å². The van der Waals surface area contributed by atoms with Crippen LogP contribution in [0.4, 0.5) is 4.39 Å². The molecule has 1 heterocycles. The van der Waals surface area contributed by atoms with Gasteiger partial charge >= 0.3 is 0 Å². The molecule has 2 aromatic rings. The lowest BCUT2D eigenvalue weighted by molar-refractivity contribution is 0.525. The predicted molar refractivity (Wildman–Crippen MR) is 78.4 cm³/mol. The summed E-state index contributed by atoms with van der Waals surface area (Å²) in [6.07, 6.45) is 0.974. The zero-order chi connectivity index (χ0) is 13.0. The van der Waals surface area contributed by atoms with Gasteiger partial charge in [0.15, 0.2) is 0 Å². The van der Waals surface area contributed by atoms with E-state index in [0.717, 1.165) is 10.9 Å².